The second-order valence-corrected chi connectivity index (χ2v) is 6.09. The quantitative estimate of drug-likeness (QED) is 0.559. The zero-order valence-electron chi connectivity index (χ0n) is 14.6. The van der Waals surface area contributed by atoms with Crippen molar-refractivity contribution in [3.05, 3.63) is 90.5 Å². The Labute approximate surface area is 149 Å². The van der Waals surface area contributed by atoms with Gasteiger partial charge in [-0.3, -0.25) is 4.79 Å². The topological polar surface area (TPSA) is 20.3 Å². The van der Waals surface area contributed by atoms with Gasteiger partial charge in [-0.05, 0) is 41.8 Å². The minimum Gasteiger partial charge on any atom is -0.308 e. The highest BCUT2D eigenvalue weighted by Gasteiger charge is 2.17. The molecule has 3 aromatic carbocycles. The summed E-state index contributed by atoms with van der Waals surface area (Å²) in [6.07, 6.45) is 2.05. The van der Waals surface area contributed by atoms with Gasteiger partial charge in [-0.2, -0.15) is 0 Å². The molecule has 0 aliphatic heterocycles. The fraction of sp³-hybridized carbons (Fsp3) is 0.174. The molecule has 1 amide bonds. The molecular weight excluding hydrogens is 306 g/mol. The standard InChI is InChI=1S/C23H23NO/c1-2-3-18-24(22-12-8-5-9-13-22)23(25)21-16-14-20(15-17-21)19-10-6-4-7-11-19/h4-17H,2-3,18H2,1H3. The maximum Gasteiger partial charge on any atom is 0.258 e. The summed E-state index contributed by atoms with van der Waals surface area (Å²) < 4.78 is 0. The summed E-state index contributed by atoms with van der Waals surface area (Å²) in [5, 5.41) is 0. The van der Waals surface area contributed by atoms with Gasteiger partial charge in [0.1, 0.15) is 0 Å². The van der Waals surface area contributed by atoms with Crippen LogP contribution in [0.15, 0.2) is 84.9 Å². The molecule has 0 saturated carbocycles. The molecule has 126 valence electrons. The van der Waals surface area contributed by atoms with E-state index in [1.54, 1.807) is 0 Å². The second-order valence-electron chi connectivity index (χ2n) is 6.09. The van der Waals surface area contributed by atoms with E-state index in [4.69, 9.17) is 0 Å². The number of anilines is 1. The zero-order valence-corrected chi connectivity index (χ0v) is 14.6. The van der Waals surface area contributed by atoms with E-state index in [1.165, 1.54) is 0 Å². The molecule has 0 aliphatic rings. The average Bonchev–Trinajstić information content (AvgIpc) is 2.70. The maximum absolute atomic E-state index is 13.0. The fourth-order valence-electron chi connectivity index (χ4n) is 2.86. The van der Waals surface area contributed by atoms with E-state index < -0.39 is 0 Å². The molecule has 0 unspecified atom stereocenters. The molecule has 0 fully saturated rings. The number of nitrogens with zero attached hydrogens (tertiary/aromatic N) is 1. The first-order valence-corrected chi connectivity index (χ1v) is 8.82. The highest BCUT2D eigenvalue weighted by atomic mass is 16.2. The molecular formula is C23H23NO. The minimum absolute atomic E-state index is 0.0549. The Morgan fingerprint density at radius 2 is 1.32 bits per heavy atom. The molecule has 0 spiro atoms. The molecule has 0 aromatic heterocycles. The van der Waals surface area contributed by atoms with Crippen LogP contribution in [-0.4, -0.2) is 12.5 Å². The van der Waals surface area contributed by atoms with E-state index in [-0.39, 0.29) is 5.91 Å². The van der Waals surface area contributed by atoms with Crippen LogP contribution in [0.3, 0.4) is 0 Å². The molecule has 0 N–H and O–H groups in total. The monoisotopic (exact) mass is 329 g/mol. The van der Waals surface area contributed by atoms with E-state index in [2.05, 4.69) is 19.1 Å². The molecule has 2 heteroatoms. The number of rotatable bonds is 6. The Morgan fingerprint density at radius 3 is 1.92 bits per heavy atom. The minimum atomic E-state index is 0.0549. The molecule has 25 heavy (non-hydrogen) atoms. The average molecular weight is 329 g/mol. The van der Waals surface area contributed by atoms with Gasteiger partial charge in [0, 0.05) is 17.8 Å². The van der Waals surface area contributed by atoms with Crippen LogP contribution in [0.25, 0.3) is 11.1 Å². The lowest BCUT2D eigenvalue weighted by Crippen LogP contribution is -2.31. The van der Waals surface area contributed by atoms with Gasteiger partial charge in [0.25, 0.3) is 5.91 Å². The largest absolute Gasteiger partial charge is 0.308 e. The number of unbranched alkanes of at least 4 members (excludes halogenated alkanes) is 1. The van der Waals surface area contributed by atoms with Crippen LogP contribution >= 0.6 is 0 Å². The molecule has 0 saturated heterocycles. The first kappa shape index (κ1) is 17.0. The van der Waals surface area contributed by atoms with Crippen molar-refractivity contribution in [1.29, 1.82) is 0 Å². The highest BCUT2D eigenvalue weighted by molar-refractivity contribution is 6.06. The molecule has 3 aromatic rings. The van der Waals surface area contributed by atoms with Gasteiger partial charge >= 0.3 is 0 Å². The molecule has 3 rings (SSSR count). The van der Waals surface area contributed by atoms with Crippen LogP contribution < -0.4 is 4.90 Å². The highest BCUT2D eigenvalue weighted by Crippen LogP contribution is 2.22. The third-order valence-electron chi connectivity index (χ3n) is 4.29. The summed E-state index contributed by atoms with van der Waals surface area (Å²) in [4.78, 5) is 14.9. The lowest BCUT2D eigenvalue weighted by Gasteiger charge is -2.23. The van der Waals surface area contributed by atoms with Gasteiger partial charge in [0.15, 0.2) is 0 Å². The van der Waals surface area contributed by atoms with E-state index in [0.29, 0.717) is 0 Å². The Balaban J connectivity index is 1.84. The van der Waals surface area contributed by atoms with E-state index in [9.17, 15) is 4.79 Å². The van der Waals surface area contributed by atoms with Crippen LogP contribution in [0.1, 0.15) is 30.1 Å². The number of carbonyl (C=O) groups is 1. The van der Waals surface area contributed by atoms with Crippen molar-refractivity contribution in [3.8, 4) is 11.1 Å². The smallest absolute Gasteiger partial charge is 0.258 e. The number of hydrogen-bond donors (Lipinski definition) is 0. The van der Waals surface area contributed by atoms with Crippen molar-refractivity contribution in [2.75, 3.05) is 11.4 Å². The lowest BCUT2D eigenvalue weighted by molar-refractivity contribution is 0.0986. The Kier molecular flexibility index (Phi) is 5.63. The summed E-state index contributed by atoms with van der Waals surface area (Å²) in [5.41, 5.74) is 3.96. The summed E-state index contributed by atoms with van der Waals surface area (Å²) in [6.45, 7) is 2.88. The summed E-state index contributed by atoms with van der Waals surface area (Å²) in [5.74, 6) is 0.0549. The van der Waals surface area contributed by atoms with Crippen LogP contribution in [0.2, 0.25) is 0 Å². The van der Waals surface area contributed by atoms with Crippen LogP contribution in [-0.2, 0) is 0 Å². The SMILES string of the molecule is CCCCN(C(=O)c1ccc(-c2ccccc2)cc1)c1ccccc1. The predicted molar refractivity (Wildman–Crippen MR) is 105 cm³/mol. The van der Waals surface area contributed by atoms with Gasteiger partial charge in [-0.15, -0.1) is 0 Å². The Hall–Kier alpha value is -2.87. The first-order valence-electron chi connectivity index (χ1n) is 8.82. The van der Waals surface area contributed by atoms with Crippen LogP contribution in [0, 0.1) is 0 Å². The van der Waals surface area contributed by atoms with E-state index in [1.807, 2.05) is 77.7 Å². The van der Waals surface area contributed by atoms with Crippen molar-refractivity contribution in [3.63, 3.8) is 0 Å². The molecule has 0 bridgehead atoms. The summed E-state index contributed by atoms with van der Waals surface area (Å²) in [6, 6.07) is 28.0. The van der Waals surface area contributed by atoms with Crippen molar-refractivity contribution in [1.82, 2.24) is 0 Å². The predicted octanol–water partition coefficient (Wildman–Crippen LogP) is 5.80. The molecule has 0 aliphatic carbocycles. The fourth-order valence-corrected chi connectivity index (χ4v) is 2.86. The normalized spacial score (nSPS) is 10.4. The molecule has 0 atom stereocenters. The van der Waals surface area contributed by atoms with Crippen molar-refractivity contribution >= 4 is 11.6 Å². The van der Waals surface area contributed by atoms with Crippen LogP contribution in [0.4, 0.5) is 5.69 Å². The number of para-hydroxylation sites is 1. The first-order chi connectivity index (χ1) is 12.3. The van der Waals surface area contributed by atoms with Gasteiger partial charge in [0.2, 0.25) is 0 Å². The van der Waals surface area contributed by atoms with Crippen molar-refractivity contribution in [2.45, 2.75) is 19.8 Å². The maximum atomic E-state index is 13.0. The number of benzene rings is 3. The molecule has 2 nitrogen and oxygen atoms in total. The van der Waals surface area contributed by atoms with Crippen molar-refractivity contribution < 1.29 is 4.79 Å². The zero-order chi connectivity index (χ0) is 17.5. The third-order valence-corrected chi connectivity index (χ3v) is 4.29. The number of hydrogen-bond acceptors (Lipinski definition) is 1. The lowest BCUT2D eigenvalue weighted by atomic mass is 10.0. The van der Waals surface area contributed by atoms with E-state index in [0.717, 1.165) is 41.8 Å². The third kappa shape index (κ3) is 4.16. The van der Waals surface area contributed by atoms with Crippen LogP contribution in [0.5, 0.6) is 0 Å². The van der Waals surface area contributed by atoms with Gasteiger partial charge in [-0.1, -0.05) is 74.0 Å². The number of amides is 1. The second kappa shape index (κ2) is 8.29. The Bertz CT molecular complexity index is 795. The van der Waals surface area contributed by atoms with Crippen molar-refractivity contribution in [2.24, 2.45) is 0 Å². The van der Waals surface area contributed by atoms with E-state index >= 15 is 0 Å². The van der Waals surface area contributed by atoms with Gasteiger partial charge < -0.3 is 4.90 Å². The Morgan fingerprint density at radius 1 is 0.760 bits per heavy atom. The summed E-state index contributed by atoms with van der Waals surface area (Å²) >= 11 is 0. The summed E-state index contributed by atoms with van der Waals surface area (Å²) in [7, 11) is 0. The van der Waals surface area contributed by atoms with Gasteiger partial charge in [0.05, 0.1) is 0 Å². The van der Waals surface area contributed by atoms with Gasteiger partial charge in [-0.25, -0.2) is 0 Å². The number of carbonyl (C=O) groups excluding carboxylic acids is 1. The molecule has 0 radical (unpaired) electrons. The molecule has 0 heterocycles.